The summed E-state index contributed by atoms with van der Waals surface area (Å²) in [6.45, 7) is 7.28. The summed E-state index contributed by atoms with van der Waals surface area (Å²) in [6, 6.07) is 8.26. The molecule has 1 amide bonds. The van der Waals surface area contributed by atoms with E-state index in [1.165, 1.54) is 0 Å². The number of carbonyl (C=O) groups is 1. The van der Waals surface area contributed by atoms with Gasteiger partial charge in [0.2, 0.25) is 5.95 Å². The molecule has 1 aromatic heterocycles. The van der Waals surface area contributed by atoms with Crippen molar-refractivity contribution in [1.82, 2.24) is 14.9 Å². The van der Waals surface area contributed by atoms with E-state index in [0.29, 0.717) is 37.2 Å². The van der Waals surface area contributed by atoms with Crippen molar-refractivity contribution in [1.29, 1.82) is 0 Å². The topological polar surface area (TPSA) is 73.8 Å². The van der Waals surface area contributed by atoms with E-state index in [4.69, 9.17) is 9.72 Å². The molecule has 2 aromatic rings. The Kier molecular flexibility index (Phi) is 5.27. The van der Waals surface area contributed by atoms with E-state index >= 15 is 0 Å². The quantitative estimate of drug-likeness (QED) is 0.832. The highest BCUT2D eigenvalue weighted by atomic mass is 16.5. The molecule has 8 heteroatoms. The Bertz CT molecular complexity index is 891. The van der Waals surface area contributed by atoms with Crippen LogP contribution in [0.25, 0.3) is 0 Å². The molecule has 3 heterocycles. The Labute approximate surface area is 171 Å². The Morgan fingerprint density at radius 1 is 1.10 bits per heavy atom. The van der Waals surface area contributed by atoms with Crippen molar-refractivity contribution in [3.8, 4) is 0 Å². The number of morpholine rings is 1. The molecule has 0 aliphatic carbocycles. The maximum absolute atomic E-state index is 13.0. The number of hydrogen-bond donors (Lipinski definition) is 1. The molecular formula is C21H28N6O2. The molecule has 2 aliphatic rings. The third-order valence-electron chi connectivity index (χ3n) is 5.35. The van der Waals surface area contributed by atoms with Crippen molar-refractivity contribution >= 4 is 29.0 Å². The van der Waals surface area contributed by atoms with Crippen molar-refractivity contribution in [3.63, 3.8) is 0 Å². The van der Waals surface area contributed by atoms with E-state index in [2.05, 4.69) is 32.2 Å². The van der Waals surface area contributed by atoms with Crippen LogP contribution in [0.4, 0.5) is 23.1 Å². The summed E-state index contributed by atoms with van der Waals surface area (Å²) in [6.07, 6.45) is 0. The van der Waals surface area contributed by atoms with Crippen LogP contribution in [0.3, 0.4) is 0 Å². The van der Waals surface area contributed by atoms with Crippen molar-refractivity contribution in [2.45, 2.75) is 26.4 Å². The number of amides is 1. The first-order valence-corrected chi connectivity index (χ1v) is 10.0. The van der Waals surface area contributed by atoms with Crippen LogP contribution in [0.2, 0.25) is 0 Å². The van der Waals surface area contributed by atoms with Gasteiger partial charge in [0.25, 0.3) is 5.91 Å². The average Bonchev–Trinajstić information content (AvgIpc) is 3.06. The smallest absolute Gasteiger partial charge is 0.273 e. The molecule has 0 spiro atoms. The minimum atomic E-state index is -0.0297. The monoisotopic (exact) mass is 396 g/mol. The van der Waals surface area contributed by atoms with E-state index in [9.17, 15) is 4.79 Å². The number of nitrogens with zero attached hydrogens (tertiary/aromatic N) is 5. The molecule has 1 N–H and O–H groups in total. The van der Waals surface area contributed by atoms with Crippen molar-refractivity contribution in [2.24, 2.45) is 0 Å². The number of nitrogens with one attached hydrogen (secondary N) is 1. The first kappa shape index (κ1) is 19.4. The molecule has 4 rings (SSSR count). The zero-order valence-corrected chi connectivity index (χ0v) is 17.5. The van der Waals surface area contributed by atoms with Crippen molar-refractivity contribution in [3.05, 3.63) is 35.5 Å². The average molecular weight is 396 g/mol. The van der Waals surface area contributed by atoms with E-state index in [0.717, 1.165) is 30.0 Å². The Balaban J connectivity index is 1.70. The molecule has 1 saturated heterocycles. The fourth-order valence-electron chi connectivity index (χ4n) is 3.58. The number of ether oxygens (including phenoxy) is 1. The second-order valence-electron chi connectivity index (χ2n) is 7.89. The van der Waals surface area contributed by atoms with Crippen LogP contribution in [-0.4, -0.2) is 67.2 Å². The highest BCUT2D eigenvalue weighted by Crippen LogP contribution is 2.32. The van der Waals surface area contributed by atoms with Crippen LogP contribution in [0.15, 0.2) is 24.3 Å². The normalized spacial score (nSPS) is 16.4. The Morgan fingerprint density at radius 2 is 1.79 bits per heavy atom. The maximum atomic E-state index is 13.0. The lowest BCUT2D eigenvalue weighted by Gasteiger charge is -2.27. The van der Waals surface area contributed by atoms with E-state index < -0.39 is 0 Å². The molecular weight excluding hydrogens is 368 g/mol. The fourth-order valence-corrected chi connectivity index (χ4v) is 3.58. The summed E-state index contributed by atoms with van der Waals surface area (Å²) in [4.78, 5) is 28.4. The minimum Gasteiger partial charge on any atom is -0.378 e. The van der Waals surface area contributed by atoms with Crippen LogP contribution in [0.1, 0.15) is 29.9 Å². The predicted octanol–water partition coefficient (Wildman–Crippen LogP) is 2.49. The van der Waals surface area contributed by atoms with Gasteiger partial charge in [-0.2, -0.15) is 4.98 Å². The van der Waals surface area contributed by atoms with Crippen molar-refractivity contribution in [2.75, 3.05) is 55.5 Å². The molecule has 154 valence electrons. The van der Waals surface area contributed by atoms with Gasteiger partial charge in [0, 0.05) is 50.2 Å². The number of benzene rings is 1. The largest absolute Gasteiger partial charge is 0.378 e. The second-order valence-corrected chi connectivity index (χ2v) is 7.89. The third-order valence-corrected chi connectivity index (χ3v) is 5.35. The summed E-state index contributed by atoms with van der Waals surface area (Å²) in [5.74, 6) is 1.25. The van der Waals surface area contributed by atoms with Crippen LogP contribution >= 0.6 is 0 Å². The molecule has 0 radical (unpaired) electrons. The lowest BCUT2D eigenvalue weighted by molar-refractivity contribution is 0.0726. The van der Waals surface area contributed by atoms with E-state index in [-0.39, 0.29) is 11.9 Å². The van der Waals surface area contributed by atoms with Gasteiger partial charge in [-0.15, -0.1) is 0 Å². The van der Waals surface area contributed by atoms with Gasteiger partial charge < -0.3 is 24.8 Å². The lowest BCUT2D eigenvalue weighted by Crippen LogP contribution is -2.37. The van der Waals surface area contributed by atoms with Gasteiger partial charge in [0.05, 0.1) is 19.8 Å². The number of fused-ring (bicyclic) bond motifs is 1. The standard InChI is InChI=1S/C21H28N6O2/c1-14(2)27-13-17-18(20(27)28)23-21(26-9-11-29-12-10-26)24-19(17)22-15-5-7-16(8-6-15)25(3)4/h5-8,14H,9-13H2,1-4H3,(H,22,23,24). The van der Waals surface area contributed by atoms with Gasteiger partial charge in [-0.3, -0.25) is 4.79 Å². The van der Waals surface area contributed by atoms with Gasteiger partial charge in [0.1, 0.15) is 11.5 Å². The summed E-state index contributed by atoms with van der Waals surface area (Å²) < 4.78 is 5.45. The molecule has 0 saturated carbocycles. The first-order chi connectivity index (χ1) is 13.9. The van der Waals surface area contributed by atoms with Gasteiger partial charge in [-0.05, 0) is 38.1 Å². The molecule has 0 unspecified atom stereocenters. The molecule has 0 atom stereocenters. The van der Waals surface area contributed by atoms with Crippen LogP contribution < -0.4 is 15.1 Å². The van der Waals surface area contributed by atoms with Crippen LogP contribution in [0, 0.1) is 0 Å². The molecule has 1 fully saturated rings. The Hall–Kier alpha value is -2.87. The van der Waals surface area contributed by atoms with Crippen LogP contribution in [-0.2, 0) is 11.3 Å². The zero-order valence-electron chi connectivity index (χ0n) is 17.5. The second kappa shape index (κ2) is 7.87. The number of anilines is 4. The van der Waals surface area contributed by atoms with Gasteiger partial charge in [0.15, 0.2) is 0 Å². The maximum Gasteiger partial charge on any atom is 0.273 e. The molecule has 1 aromatic carbocycles. The number of carbonyl (C=O) groups excluding carboxylic acids is 1. The molecule has 2 aliphatic heterocycles. The molecule has 8 nitrogen and oxygen atoms in total. The Morgan fingerprint density at radius 3 is 2.41 bits per heavy atom. The summed E-state index contributed by atoms with van der Waals surface area (Å²) in [5, 5.41) is 3.42. The van der Waals surface area contributed by atoms with Crippen molar-refractivity contribution < 1.29 is 9.53 Å². The number of aromatic nitrogens is 2. The lowest BCUT2D eigenvalue weighted by atomic mass is 10.2. The zero-order chi connectivity index (χ0) is 20.5. The van der Waals surface area contributed by atoms with E-state index in [1.807, 2.05) is 45.0 Å². The third kappa shape index (κ3) is 3.85. The van der Waals surface area contributed by atoms with Gasteiger partial charge >= 0.3 is 0 Å². The van der Waals surface area contributed by atoms with Crippen LogP contribution in [0.5, 0.6) is 0 Å². The highest BCUT2D eigenvalue weighted by molar-refractivity contribution is 5.98. The first-order valence-electron chi connectivity index (χ1n) is 10.0. The highest BCUT2D eigenvalue weighted by Gasteiger charge is 2.35. The van der Waals surface area contributed by atoms with Gasteiger partial charge in [-0.1, -0.05) is 0 Å². The molecule has 0 bridgehead atoms. The SMILES string of the molecule is CC(C)N1Cc2c(Nc3ccc(N(C)C)cc3)nc(N3CCOCC3)nc2C1=O. The predicted molar refractivity (Wildman–Crippen MR) is 114 cm³/mol. The fraction of sp³-hybridized carbons (Fsp3) is 0.476. The number of rotatable bonds is 5. The summed E-state index contributed by atoms with van der Waals surface area (Å²) in [5.41, 5.74) is 3.42. The number of hydrogen-bond acceptors (Lipinski definition) is 7. The molecule has 29 heavy (non-hydrogen) atoms. The summed E-state index contributed by atoms with van der Waals surface area (Å²) >= 11 is 0. The van der Waals surface area contributed by atoms with E-state index in [1.54, 1.807) is 0 Å². The van der Waals surface area contributed by atoms with Gasteiger partial charge in [-0.25, -0.2) is 4.98 Å². The summed E-state index contributed by atoms with van der Waals surface area (Å²) in [7, 11) is 4.03. The minimum absolute atomic E-state index is 0.0297.